The number of aliphatic hydroxyl groups excluding tert-OH is 1. The summed E-state index contributed by atoms with van der Waals surface area (Å²) in [6, 6.07) is 0.333. The SMILES string of the molecule is CCOc1nc(NC)nc(NC(C)C(C)CO)n1. The molecule has 1 aromatic rings. The molecule has 0 saturated carbocycles. The molecule has 0 aromatic carbocycles. The Morgan fingerprint density at radius 1 is 1.22 bits per heavy atom. The first kappa shape index (κ1) is 14.4. The maximum atomic E-state index is 9.09. The van der Waals surface area contributed by atoms with Crippen molar-refractivity contribution in [1.29, 1.82) is 0 Å². The first-order chi connectivity index (χ1) is 8.60. The van der Waals surface area contributed by atoms with Gasteiger partial charge in [0.25, 0.3) is 0 Å². The second-order valence-corrected chi connectivity index (χ2v) is 4.04. The summed E-state index contributed by atoms with van der Waals surface area (Å²) in [6.07, 6.45) is 0. The molecule has 7 nitrogen and oxygen atoms in total. The summed E-state index contributed by atoms with van der Waals surface area (Å²) in [6.45, 7) is 6.38. The van der Waals surface area contributed by atoms with Crippen LogP contribution in [0.1, 0.15) is 20.8 Å². The summed E-state index contributed by atoms with van der Waals surface area (Å²) in [5.41, 5.74) is 0. The Kier molecular flexibility index (Phi) is 5.57. The van der Waals surface area contributed by atoms with Gasteiger partial charge >= 0.3 is 6.01 Å². The lowest BCUT2D eigenvalue weighted by Gasteiger charge is -2.19. The summed E-state index contributed by atoms with van der Waals surface area (Å²) in [4.78, 5) is 12.4. The second kappa shape index (κ2) is 6.95. The Balaban J connectivity index is 2.83. The van der Waals surface area contributed by atoms with Crippen LogP contribution in [-0.2, 0) is 0 Å². The minimum atomic E-state index is 0.0524. The fourth-order valence-electron chi connectivity index (χ4n) is 1.23. The Labute approximate surface area is 107 Å². The van der Waals surface area contributed by atoms with Gasteiger partial charge in [-0.25, -0.2) is 0 Å². The molecule has 1 aromatic heterocycles. The third-order valence-electron chi connectivity index (χ3n) is 2.61. The van der Waals surface area contributed by atoms with Crippen LogP contribution in [0.5, 0.6) is 6.01 Å². The van der Waals surface area contributed by atoms with Crippen molar-refractivity contribution in [2.75, 3.05) is 30.9 Å². The predicted molar refractivity (Wildman–Crippen MR) is 69.9 cm³/mol. The highest BCUT2D eigenvalue weighted by atomic mass is 16.5. The maximum Gasteiger partial charge on any atom is 0.323 e. The van der Waals surface area contributed by atoms with Crippen molar-refractivity contribution < 1.29 is 9.84 Å². The quantitative estimate of drug-likeness (QED) is 0.661. The number of hydrogen-bond donors (Lipinski definition) is 3. The molecule has 2 unspecified atom stereocenters. The third-order valence-corrected chi connectivity index (χ3v) is 2.61. The van der Waals surface area contributed by atoms with Gasteiger partial charge in [-0.05, 0) is 19.8 Å². The molecule has 3 N–H and O–H groups in total. The van der Waals surface area contributed by atoms with Gasteiger partial charge in [-0.3, -0.25) is 0 Å². The van der Waals surface area contributed by atoms with Crippen molar-refractivity contribution in [2.24, 2.45) is 5.92 Å². The molecule has 0 aliphatic rings. The zero-order chi connectivity index (χ0) is 13.5. The van der Waals surface area contributed by atoms with E-state index in [-0.39, 0.29) is 24.6 Å². The number of aliphatic hydroxyl groups is 1. The van der Waals surface area contributed by atoms with Crippen LogP contribution in [-0.4, -0.2) is 46.4 Å². The van der Waals surface area contributed by atoms with E-state index in [1.165, 1.54) is 0 Å². The predicted octanol–water partition coefficient (Wildman–Crippen LogP) is 0.741. The van der Waals surface area contributed by atoms with Crippen molar-refractivity contribution in [3.63, 3.8) is 0 Å². The molecular formula is C11H21N5O2. The average Bonchev–Trinajstić information content (AvgIpc) is 2.37. The van der Waals surface area contributed by atoms with Crippen LogP contribution in [0.3, 0.4) is 0 Å². The first-order valence-corrected chi connectivity index (χ1v) is 6.04. The van der Waals surface area contributed by atoms with Gasteiger partial charge in [-0.15, -0.1) is 0 Å². The van der Waals surface area contributed by atoms with E-state index in [4.69, 9.17) is 9.84 Å². The fourth-order valence-corrected chi connectivity index (χ4v) is 1.23. The van der Waals surface area contributed by atoms with Crippen LogP contribution in [0.15, 0.2) is 0 Å². The molecule has 0 spiro atoms. The fraction of sp³-hybridized carbons (Fsp3) is 0.727. The van der Waals surface area contributed by atoms with E-state index < -0.39 is 0 Å². The smallest absolute Gasteiger partial charge is 0.323 e. The highest BCUT2D eigenvalue weighted by molar-refractivity contribution is 5.36. The van der Waals surface area contributed by atoms with Crippen molar-refractivity contribution >= 4 is 11.9 Å². The molecule has 0 radical (unpaired) electrons. The number of hydrogen-bond acceptors (Lipinski definition) is 7. The lowest BCUT2D eigenvalue weighted by atomic mass is 10.1. The summed E-state index contributed by atoms with van der Waals surface area (Å²) in [7, 11) is 1.73. The van der Waals surface area contributed by atoms with Crippen LogP contribution < -0.4 is 15.4 Å². The maximum absolute atomic E-state index is 9.09. The van der Waals surface area contributed by atoms with Gasteiger partial charge in [0, 0.05) is 19.7 Å². The van der Waals surface area contributed by atoms with E-state index in [9.17, 15) is 0 Å². The minimum Gasteiger partial charge on any atom is -0.464 e. The van der Waals surface area contributed by atoms with Gasteiger partial charge in [-0.1, -0.05) is 6.92 Å². The summed E-state index contributed by atoms with van der Waals surface area (Å²) >= 11 is 0. The van der Waals surface area contributed by atoms with E-state index in [1.54, 1.807) is 7.05 Å². The molecule has 7 heteroatoms. The zero-order valence-electron chi connectivity index (χ0n) is 11.3. The molecule has 1 heterocycles. The molecular weight excluding hydrogens is 234 g/mol. The highest BCUT2D eigenvalue weighted by Crippen LogP contribution is 2.13. The van der Waals surface area contributed by atoms with Gasteiger partial charge < -0.3 is 20.5 Å². The monoisotopic (exact) mass is 255 g/mol. The second-order valence-electron chi connectivity index (χ2n) is 4.04. The van der Waals surface area contributed by atoms with E-state index in [2.05, 4.69) is 25.6 Å². The molecule has 1 rings (SSSR count). The molecule has 0 saturated heterocycles. The number of anilines is 2. The summed E-state index contributed by atoms with van der Waals surface area (Å²) < 4.78 is 5.27. The Hall–Kier alpha value is -1.63. The molecule has 0 aliphatic carbocycles. The van der Waals surface area contributed by atoms with E-state index in [1.807, 2.05) is 20.8 Å². The van der Waals surface area contributed by atoms with Crippen LogP contribution in [0.4, 0.5) is 11.9 Å². The third kappa shape index (κ3) is 3.99. The van der Waals surface area contributed by atoms with Crippen LogP contribution in [0, 0.1) is 5.92 Å². The number of rotatable bonds is 7. The highest BCUT2D eigenvalue weighted by Gasteiger charge is 2.14. The molecule has 18 heavy (non-hydrogen) atoms. The zero-order valence-corrected chi connectivity index (χ0v) is 11.3. The largest absolute Gasteiger partial charge is 0.464 e. The van der Waals surface area contributed by atoms with E-state index in [0.717, 1.165) is 0 Å². The number of nitrogens with zero attached hydrogens (tertiary/aromatic N) is 3. The van der Waals surface area contributed by atoms with Crippen molar-refractivity contribution in [1.82, 2.24) is 15.0 Å². The van der Waals surface area contributed by atoms with Crippen LogP contribution in [0.2, 0.25) is 0 Å². The number of aromatic nitrogens is 3. The number of ether oxygens (including phenoxy) is 1. The summed E-state index contributed by atoms with van der Waals surface area (Å²) in [5, 5.41) is 15.1. The molecule has 2 atom stereocenters. The average molecular weight is 255 g/mol. The van der Waals surface area contributed by atoms with Crippen molar-refractivity contribution in [2.45, 2.75) is 26.8 Å². The number of nitrogens with one attached hydrogen (secondary N) is 2. The lowest BCUT2D eigenvalue weighted by Crippen LogP contribution is -2.27. The Bertz CT molecular complexity index is 374. The summed E-state index contributed by atoms with van der Waals surface area (Å²) in [5.74, 6) is 0.987. The molecule has 0 amide bonds. The Morgan fingerprint density at radius 3 is 2.44 bits per heavy atom. The van der Waals surface area contributed by atoms with Gasteiger partial charge in [0.05, 0.1) is 6.61 Å². The van der Waals surface area contributed by atoms with Crippen molar-refractivity contribution in [3.05, 3.63) is 0 Å². The van der Waals surface area contributed by atoms with Crippen molar-refractivity contribution in [3.8, 4) is 6.01 Å². The van der Waals surface area contributed by atoms with Crippen LogP contribution in [0.25, 0.3) is 0 Å². The normalized spacial score (nSPS) is 13.8. The minimum absolute atomic E-state index is 0.0524. The molecule has 0 aliphatic heterocycles. The molecule has 102 valence electrons. The van der Waals surface area contributed by atoms with E-state index >= 15 is 0 Å². The van der Waals surface area contributed by atoms with E-state index in [0.29, 0.717) is 18.5 Å². The molecule has 0 fully saturated rings. The first-order valence-electron chi connectivity index (χ1n) is 6.04. The lowest BCUT2D eigenvalue weighted by molar-refractivity contribution is 0.226. The Morgan fingerprint density at radius 2 is 1.89 bits per heavy atom. The van der Waals surface area contributed by atoms with Gasteiger partial charge in [0.1, 0.15) is 0 Å². The standard InChI is InChI=1S/C11H21N5O2/c1-5-18-11-15-9(12-4)14-10(16-11)13-8(3)7(2)6-17/h7-8,17H,5-6H2,1-4H3,(H2,12,13,14,15,16). The topological polar surface area (TPSA) is 92.2 Å². The van der Waals surface area contributed by atoms with Gasteiger partial charge in [0.15, 0.2) is 0 Å². The van der Waals surface area contributed by atoms with Gasteiger partial charge in [0.2, 0.25) is 11.9 Å². The molecule has 0 bridgehead atoms. The van der Waals surface area contributed by atoms with Gasteiger partial charge in [-0.2, -0.15) is 15.0 Å². The van der Waals surface area contributed by atoms with Crippen LogP contribution >= 0.6 is 0 Å².